The molecule has 0 fully saturated rings. The molecule has 2 aromatic carbocycles. The molecule has 0 aliphatic rings. The van der Waals surface area contributed by atoms with Crippen LogP contribution in [-0.4, -0.2) is 38.7 Å². The lowest BCUT2D eigenvalue weighted by molar-refractivity contribution is -0.132. The topological polar surface area (TPSA) is 75.4 Å². The summed E-state index contributed by atoms with van der Waals surface area (Å²) < 4.78 is 1.79. The van der Waals surface area contributed by atoms with Gasteiger partial charge < -0.3 is 10.0 Å². The van der Waals surface area contributed by atoms with Crippen LogP contribution in [0.2, 0.25) is 0 Å². The molecule has 0 bridgehead atoms. The second kappa shape index (κ2) is 8.35. The molecule has 0 aliphatic carbocycles. The first-order valence-corrected chi connectivity index (χ1v) is 8.81. The van der Waals surface area contributed by atoms with E-state index in [4.69, 9.17) is 10.2 Å². The van der Waals surface area contributed by atoms with E-state index in [-0.39, 0.29) is 5.91 Å². The lowest BCUT2D eigenvalue weighted by atomic mass is 10.1. The molecule has 0 radical (unpaired) electrons. The molecule has 1 heterocycles. The number of carboxylic acids is 1. The number of aryl methyl sites for hydroxylation is 1. The van der Waals surface area contributed by atoms with Crippen molar-refractivity contribution >= 4 is 11.9 Å². The number of rotatable bonds is 6. The first-order valence-electron chi connectivity index (χ1n) is 8.81. The largest absolute Gasteiger partial charge is 0.478 e. The highest BCUT2D eigenvalue weighted by atomic mass is 16.4. The molecule has 1 N–H and O–H groups in total. The minimum atomic E-state index is -1.15. The first kappa shape index (κ1) is 19.1. The molecular weight excluding hydrogens is 354 g/mol. The molecule has 3 aromatic rings. The number of hydrogen-bond acceptors (Lipinski definition) is 3. The average Bonchev–Trinajstić information content (AvgIpc) is 3.11. The van der Waals surface area contributed by atoms with E-state index in [1.54, 1.807) is 11.7 Å². The van der Waals surface area contributed by atoms with Crippen LogP contribution in [0.4, 0.5) is 0 Å². The Kier molecular flexibility index (Phi) is 5.69. The Labute approximate surface area is 163 Å². The van der Waals surface area contributed by atoms with Crippen LogP contribution in [0.1, 0.15) is 11.1 Å². The molecule has 0 saturated heterocycles. The molecule has 1 amide bonds. The van der Waals surface area contributed by atoms with E-state index in [0.29, 0.717) is 6.54 Å². The normalized spacial score (nSPS) is 10.9. The number of carboxylic acid groups (broad SMARTS) is 1. The third-order valence-corrected chi connectivity index (χ3v) is 4.29. The Morgan fingerprint density at radius 2 is 1.75 bits per heavy atom. The number of aromatic nitrogens is 2. The lowest BCUT2D eigenvalue weighted by Crippen LogP contribution is -2.24. The summed E-state index contributed by atoms with van der Waals surface area (Å²) in [6.07, 6.45) is 3.79. The average molecular weight is 375 g/mol. The van der Waals surface area contributed by atoms with Crippen molar-refractivity contribution < 1.29 is 14.7 Å². The zero-order chi connectivity index (χ0) is 20.1. The maximum Gasteiger partial charge on any atom is 0.328 e. The number of aliphatic carboxylic acids is 1. The number of para-hydroxylation sites is 1. The van der Waals surface area contributed by atoms with E-state index in [1.807, 2.05) is 67.7 Å². The molecular formula is C22H21N3O3. The zero-order valence-corrected chi connectivity index (χ0v) is 15.7. The number of amides is 1. The van der Waals surface area contributed by atoms with E-state index in [1.165, 1.54) is 4.90 Å². The van der Waals surface area contributed by atoms with E-state index in [2.05, 4.69) is 0 Å². The Morgan fingerprint density at radius 1 is 1.07 bits per heavy atom. The van der Waals surface area contributed by atoms with Gasteiger partial charge in [-0.2, -0.15) is 5.10 Å². The van der Waals surface area contributed by atoms with Crippen molar-refractivity contribution in [3.05, 3.63) is 84.1 Å². The fraction of sp³-hybridized carbons (Fsp3) is 0.136. The molecule has 6 heteroatoms. The zero-order valence-electron chi connectivity index (χ0n) is 15.7. The van der Waals surface area contributed by atoms with Gasteiger partial charge in [-0.25, -0.2) is 9.48 Å². The van der Waals surface area contributed by atoms with Gasteiger partial charge in [-0.3, -0.25) is 4.79 Å². The predicted molar refractivity (Wildman–Crippen MR) is 107 cm³/mol. The van der Waals surface area contributed by atoms with Crippen molar-refractivity contribution in [1.29, 1.82) is 0 Å². The molecule has 28 heavy (non-hydrogen) atoms. The van der Waals surface area contributed by atoms with Crippen LogP contribution in [0.3, 0.4) is 0 Å². The van der Waals surface area contributed by atoms with Crippen molar-refractivity contribution in [2.45, 2.75) is 13.5 Å². The third-order valence-electron chi connectivity index (χ3n) is 4.29. The molecule has 0 spiro atoms. The summed E-state index contributed by atoms with van der Waals surface area (Å²) >= 11 is 0. The highest BCUT2D eigenvalue weighted by Gasteiger charge is 2.16. The van der Waals surface area contributed by atoms with Crippen molar-refractivity contribution in [2.75, 3.05) is 7.05 Å². The monoisotopic (exact) mass is 375 g/mol. The molecule has 6 nitrogen and oxygen atoms in total. The Bertz CT molecular complexity index is 1010. The van der Waals surface area contributed by atoms with Crippen LogP contribution < -0.4 is 0 Å². The highest BCUT2D eigenvalue weighted by molar-refractivity contribution is 5.93. The molecule has 0 aliphatic heterocycles. The van der Waals surface area contributed by atoms with Gasteiger partial charge >= 0.3 is 5.97 Å². The SMILES string of the molecule is Cc1ccc(-c2nn(-c3ccccc3)cc2CN(C)C(=O)/C=C/C(=O)O)cc1. The van der Waals surface area contributed by atoms with Gasteiger partial charge in [0, 0.05) is 43.1 Å². The molecule has 1 aromatic heterocycles. The second-order valence-electron chi connectivity index (χ2n) is 6.51. The van der Waals surface area contributed by atoms with Gasteiger partial charge in [0.25, 0.3) is 0 Å². The van der Waals surface area contributed by atoms with Crippen LogP contribution in [0, 0.1) is 6.92 Å². The maximum atomic E-state index is 12.2. The van der Waals surface area contributed by atoms with Gasteiger partial charge in [-0.05, 0) is 19.1 Å². The van der Waals surface area contributed by atoms with Crippen LogP contribution in [0.25, 0.3) is 16.9 Å². The summed E-state index contributed by atoms with van der Waals surface area (Å²) in [7, 11) is 1.63. The van der Waals surface area contributed by atoms with Crippen LogP contribution in [0.15, 0.2) is 72.9 Å². The van der Waals surface area contributed by atoms with E-state index in [9.17, 15) is 9.59 Å². The molecule has 0 unspecified atom stereocenters. The van der Waals surface area contributed by atoms with Gasteiger partial charge in [0.05, 0.1) is 11.4 Å². The summed E-state index contributed by atoms with van der Waals surface area (Å²) in [4.78, 5) is 24.3. The minimum Gasteiger partial charge on any atom is -0.478 e. The summed E-state index contributed by atoms with van der Waals surface area (Å²) in [5.41, 5.74) is 4.68. The molecule has 0 saturated carbocycles. The van der Waals surface area contributed by atoms with E-state index in [0.717, 1.165) is 40.2 Å². The summed E-state index contributed by atoms with van der Waals surface area (Å²) in [5.74, 6) is -1.54. The van der Waals surface area contributed by atoms with Gasteiger partial charge in [0.2, 0.25) is 5.91 Å². The molecule has 142 valence electrons. The van der Waals surface area contributed by atoms with Gasteiger partial charge in [-0.1, -0.05) is 48.0 Å². The summed E-state index contributed by atoms with van der Waals surface area (Å²) in [5, 5.41) is 13.4. The number of carbonyl (C=O) groups excluding carboxylic acids is 1. The van der Waals surface area contributed by atoms with Crippen LogP contribution >= 0.6 is 0 Å². The van der Waals surface area contributed by atoms with Gasteiger partial charge in [0.15, 0.2) is 0 Å². The number of benzene rings is 2. The Morgan fingerprint density at radius 3 is 2.39 bits per heavy atom. The fourth-order valence-corrected chi connectivity index (χ4v) is 2.80. The fourth-order valence-electron chi connectivity index (χ4n) is 2.80. The van der Waals surface area contributed by atoms with Crippen molar-refractivity contribution in [3.63, 3.8) is 0 Å². The second-order valence-corrected chi connectivity index (χ2v) is 6.51. The third kappa shape index (κ3) is 4.54. The van der Waals surface area contributed by atoms with Crippen molar-refractivity contribution in [3.8, 4) is 16.9 Å². The smallest absolute Gasteiger partial charge is 0.328 e. The summed E-state index contributed by atoms with van der Waals surface area (Å²) in [6, 6.07) is 17.8. The van der Waals surface area contributed by atoms with Crippen molar-refractivity contribution in [1.82, 2.24) is 14.7 Å². The lowest BCUT2D eigenvalue weighted by Gasteiger charge is -2.15. The molecule has 0 atom stereocenters. The Hall–Kier alpha value is -3.67. The van der Waals surface area contributed by atoms with E-state index >= 15 is 0 Å². The number of likely N-dealkylation sites (N-methyl/N-ethyl adjacent to an activating group) is 1. The minimum absolute atomic E-state index is 0.304. The quantitative estimate of drug-likeness (QED) is 0.670. The number of carbonyl (C=O) groups is 2. The first-order chi connectivity index (χ1) is 13.4. The molecule has 3 rings (SSSR count). The maximum absolute atomic E-state index is 12.2. The number of hydrogen-bond donors (Lipinski definition) is 1. The highest BCUT2D eigenvalue weighted by Crippen LogP contribution is 2.25. The van der Waals surface area contributed by atoms with Crippen molar-refractivity contribution in [2.24, 2.45) is 0 Å². The van der Waals surface area contributed by atoms with Crippen LogP contribution in [0.5, 0.6) is 0 Å². The Balaban J connectivity index is 1.96. The van der Waals surface area contributed by atoms with E-state index < -0.39 is 5.97 Å². The van der Waals surface area contributed by atoms with Gasteiger partial charge in [-0.15, -0.1) is 0 Å². The number of nitrogens with zero attached hydrogens (tertiary/aromatic N) is 3. The van der Waals surface area contributed by atoms with Gasteiger partial charge in [0.1, 0.15) is 0 Å². The standard InChI is InChI=1S/C22H21N3O3/c1-16-8-10-17(11-9-16)22-18(14-24(2)20(26)12-13-21(27)28)15-25(23-22)19-6-4-3-5-7-19/h3-13,15H,14H2,1-2H3,(H,27,28)/b13-12+. The predicted octanol–water partition coefficient (Wildman–Crippen LogP) is 3.45. The summed E-state index contributed by atoms with van der Waals surface area (Å²) in [6.45, 7) is 2.33. The van der Waals surface area contributed by atoms with Crippen LogP contribution in [-0.2, 0) is 16.1 Å².